The normalized spacial score (nSPS) is 10.9. The summed E-state index contributed by atoms with van der Waals surface area (Å²) in [6, 6.07) is 3.57. The summed E-state index contributed by atoms with van der Waals surface area (Å²) in [5, 5.41) is 21.2. The lowest BCUT2D eigenvalue weighted by Gasteiger charge is -2.30. The van der Waals surface area contributed by atoms with Crippen molar-refractivity contribution in [1.82, 2.24) is 60.0 Å². The minimum absolute atomic E-state index is 0.147. The first-order chi connectivity index (χ1) is 27.7. The second kappa shape index (κ2) is 24.3. The van der Waals surface area contributed by atoms with E-state index in [1.165, 1.54) is 18.9 Å². The highest BCUT2D eigenvalue weighted by molar-refractivity contribution is 5.97. The van der Waals surface area contributed by atoms with Gasteiger partial charge in [0.25, 0.3) is 0 Å². The maximum absolute atomic E-state index is 13.7. The van der Waals surface area contributed by atoms with Gasteiger partial charge >= 0.3 is 30.2 Å². The zero-order valence-electron chi connectivity index (χ0n) is 35.5. The van der Waals surface area contributed by atoms with Gasteiger partial charge in [-0.3, -0.25) is 9.69 Å². The van der Waals surface area contributed by atoms with E-state index in [2.05, 4.69) is 31.2 Å². The maximum Gasteiger partial charge on any atom is 0.342 e. The zero-order chi connectivity index (χ0) is 42.6. The second-order valence-corrected chi connectivity index (χ2v) is 14.9. The SMILES string of the molecule is Cc1cc(C)n(C(=O)NCCCCCCN(C)C(=O)N(CCCCCCNC(=O)n2nc(C)cc2C)C(=O)N(C=O)CCCCCCNC(=O)n2nc(C)cc2C)n1. The molecule has 0 unspecified atom stereocenters. The summed E-state index contributed by atoms with van der Waals surface area (Å²) >= 11 is 0. The van der Waals surface area contributed by atoms with Crippen LogP contribution in [-0.2, 0) is 4.79 Å². The van der Waals surface area contributed by atoms with Gasteiger partial charge in [0.1, 0.15) is 0 Å². The lowest BCUT2D eigenvalue weighted by atomic mass is 10.2. The topological polar surface area (TPSA) is 202 Å². The van der Waals surface area contributed by atoms with E-state index in [9.17, 15) is 28.8 Å². The van der Waals surface area contributed by atoms with Crippen molar-refractivity contribution in [2.24, 2.45) is 0 Å². The van der Waals surface area contributed by atoms with E-state index in [0.717, 1.165) is 88.9 Å². The fourth-order valence-corrected chi connectivity index (χ4v) is 6.57. The molecule has 0 saturated heterocycles. The summed E-state index contributed by atoms with van der Waals surface area (Å²) in [5.41, 5.74) is 4.61. The molecule has 3 rings (SSSR count). The number of nitrogens with zero attached hydrogens (tertiary/aromatic N) is 9. The molecular weight excluding hydrogens is 745 g/mol. The Hall–Kier alpha value is -5.55. The first kappa shape index (κ1) is 46.8. The van der Waals surface area contributed by atoms with Crippen molar-refractivity contribution in [3.8, 4) is 0 Å². The Morgan fingerprint density at radius 1 is 0.517 bits per heavy atom. The van der Waals surface area contributed by atoms with Gasteiger partial charge in [-0.05, 0) is 98.3 Å². The molecular formula is C40H64N12O6. The molecule has 320 valence electrons. The quantitative estimate of drug-likeness (QED) is 0.0827. The molecule has 0 aromatic carbocycles. The molecule has 3 aromatic heterocycles. The zero-order valence-corrected chi connectivity index (χ0v) is 35.5. The van der Waals surface area contributed by atoms with E-state index in [1.807, 2.05) is 59.7 Å². The van der Waals surface area contributed by atoms with Crippen LogP contribution in [0.5, 0.6) is 0 Å². The Labute approximate surface area is 342 Å². The van der Waals surface area contributed by atoms with Crippen LogP contribution in [0, 0.1) is 41.5 Å². The van der Waals surface area contributed by atoms with Crippen LogP contribution < -0.4 is 16.0 Å². The van der Waals surface area contributed by atoms with Gasteiger partial charge in [-0.15, -0.1) is 0 Å². The van der Waals surface area contributed by atoms with Gasteiger partial charge in [0.05, 0.1) is 17.1 Å². The Balaban J connectivity index is 1.44. The molecule has 0 radical (unpaired) electrons. The van der Waals surface area contributed by atoms with E-state index in [1.54, 1.807) is 7.05 Å². The largest absolute Gasteiger partial charge is 0.342 e. The lowest BCUT2D eigenvalue weighted by molar-refractivity contribution is -0.116. The van der Waals surface area contributed by atoms with Crippen LogP contribution >= 0.6 is 0 Å². The number of unbranched alkanes of at least 4 members (excludes halogenated alkanes) is 9. The average molecular weight is 809 g/mol. The minimum atomic E-state index is -0.653. The van der Waals surface area contributed by atoms with Crippen molar-refractivity contribution in [2.45, 2.75) is 119 Å². The van der Waals surface area contributed by atoms with Crippen molar-refractivity contribution in [1.29, 1.82) is 0 Å². The van der Waals surface area contributed by atoms with E-state index >= 15 is 0 Å². The molecule has 0 bridgehead atoms. The molecule has 18 nitrogen and oxygen atoms in total. The molecule has 0 aliphatic heterocycles. The number of aromatic nitrogens is 6. The molecule has 3 heterocycles. The molecule has 0 aliphatic rings. The third-order valence-electron chi connectivity index (χ3n) is 9.65. The van der Waals surface area contributed by atoms with Crippen molar-refractivity contribution >= 4 is 36.6 Å². The Bertz CT molecular complexity index is 1810. The van der Waals surface area contributed by atoms with Gasteiger partial charge < -0.3 is 20.9 Å². The summed E-state index contributed by atoms with van der Waals surface area (Å²) in [6.07, 6.45) is 9.14. The van der Waals surface area contributed by atoms with E-state index in [-0.39, 0.29) is 31.2 Å². The van der Waals surface area contributed by atoms with Gasteiger partial charge in [0.15, 0.2) is 0 Å². The number of aryl methyl sites for hydroxylation is 6. The Morgan fingerprint density at radius 3 is 1.21 bits per heavy atom. The van der Waals surface area contributed by atoms with Crippen molar-refractivity contribution < 1.29 is 28.8 Å². The van der Waals surface area contributed by atoms with Gasteiger partial charge in [-0.2, -0.15) is 29.3 Å². The molecule has 8 amide bonds. The van der Waals surface area contributed by atoms with Gasteiger partial charge in [0, 0.05) is 63.4 Å². The standard InChI is InChI=1S/C40H64N12O6/c1-30-26-33(4)50(44-30)36(54)41-20-14-8-11-17-23-47(7)39(57)49(25-19-13-10-16-22-43-38(56)52-35(6)28-32(3)46-52)40(58)48(29-53)24-18-12-9-15-21-42-37(55)51-34(5)27-31(2)45-51/h26-29H,8-25H2,1-7H3,(H,41,54)(H,42,55)(H,43,56). The third-order valence-corrected chi connectivity index (χ3v) is 9.65. The van der Waals surface area contributed by atoms with Crippen LogP contribution in [0.4, 0.5) is 24.0 Å². The molecule has 0 spiro atoms. The molecule has 18 heteroatoms. The van der Waals surface area contributed by atoms with Crippen LogP contribution in [0.2, 0.25) is 0 Å². The summed E-state index contributed by atoms with van der Waals surface area (Å²) in [6.45, 7) is 13.2. The van der Waals surface area contributed by atoms with Crippen LogP contribution in [0.25, 0.3) is 0 Å². The number of rotatable bonds is 22. The molecule has 3 aromatic rings. The number of urea groups is 2. The van der Waals surface area contributed by atoms with Crippen molar-refractivity contribution in [3.05, 3.63) is 52.4 Å². The Morgan fingerprint density at radius 2 is 0.862 bits per heavy atom. The first-order valence-corrected chi connectivity index (χ1v) is 20.5. The molecule has 0 fully saturated rings. The number of nitrogens with one attached hydrogen (secondary N) is 3. The highest BCUT2D eigenvalue weighted by atomic mass is 16.2. The summed E-state index contributed by atoms with van der Waals surface area (Å²) in [7, 11) is 1.65. The number of hydrogen-bond acceptors (Lipinski definition) is 9. The Kier molecular flexibility index (Phi) is 19.6. The van der Waals surface area contributed by atoms with Gasteiger partial charge in [-0.25, -0.2) is 28.9 Å². The smallest absolute Gasteiger partial charge is 0.336 e. The molecule has 0 atom stereocenters. The summed E-state index contributed by atoms with van der Waals surface area (Å²) in [4.78, 5) is 80.4. The highest BCUT2D eigenvalue weighted by Gasteiger charge is 2.28. The molecule has 58 heavy (non-hydrogen) atoms. The molecule has 0 aliphatic carbocycles. The number of carbonyl (C=O) groups is 6. The minimum Gasteiger partial charge on any atom is -0.336 e. The first-order valence-electron chi connectivity index (χ1n) is 20.5. The van der Waals surface area contributed by atoms with Crippen LogP contribution in [0.15, 0.2) is 18.2 Å². The third kappa shape index (κ3) is 15.1. The van der Waals surface area contributed by atoms with Crippen LogP contribution in [0.3, 0.4) is 0 Å². The predicted octanol–water partition coefficient (Wildman–Crippen LogP) is 5.81. The van der Waals surface area contributed by atoms with Crippen LogP contribution in [-0.4, -0.2) is 127 Å². The molecule has 0 saturated carbocycles. The van der Waals surface area contributed by atoms with Crippen LogP contribution in [0.1, 0.15) is 111 Å². The number of carbonyl (C=O) groups excluding carboxylic acids is 6. The van der Waals surface area contributed by atoms with E-state index < -0.39 is 12.1 Å². The van der Waals surface area contributed by atoms with Gasteiger partial charge in [0.2, 0.25) is 6.41 Å². The van der Waals surface area contributed by atoms with Crippen molar-refractivity contribution in [2.75, 3.05) is 46.3 Å². The van der Waals surface area contributed by atoms with E-state index in [0.29, 0.717) is 64.7 Å². The second-order valence-electron chi connectivity index (χ2n) is 14.9. The monoisotopic (exact) mass is 809 g/mol. The number of amides is 8. The van der Waals surface area contributed by atoms with Gasteiger partial charge in [-0.1, -0.05) is 38.5 Å². The number of imide groups is 2. The average Bonchev–Trinajstić information content (AvgIpc) is 3.84. The highest BCUT2D eigenvalue weighted by Crippen LogP contribution is 2.12. The fourth-order valence-electron chi connectivity index (χ4n) is 6.57. The maximum atomic E-state index is 13.7. The lowest BCUT2D eigenvalue weighted by Crippen LogP contribution is -2.51. The van der Waals surface area contributed by atoms with E-state index in [4.69, 9.17) is 0 Å². The number of hydrogen-bond donors (Lipinski definition) is 3. The summed E-state index contributed by atoms with van der Waals surface area (Å²) < 4.78 is 4.04. The van der Waals surface area contributed by atoms with Crippen molar-refractivity contribution in [3.63, 3.8) is 0 Å². The molecule has 3 N–H and O–H groups in total. The fraction of sp³-hybridized carbons (Fsp3) is 0.625. The summed E-state index contributed by atoms with van der Waals surface area (Å²) in [5.74, 6) is 0. The predicted molar refractivity (Wildman–Crippen MR) is 220 cm³/mol.